The van der Waals surface area contributed by atoms with Crippen LogP contribution in [0.2, 0.25) is 0 Å². The van der Waals surface area contributed by atoms with Gasteiger partial charge >= 0.3 is 5.16 Å². The van der Waals surface area contributed by atoms with Crippen molar-refractivity contribution in [3.05, 3.63) is 36.2 Å². The van der Waals surface area contributed by atoms with Gasteiger partial charge in [-0.15, -0.1) is 0 Å². The molecule has 0 radical (unpaired) electrons. The standard InChI is InChI=1S/C15H16N2O4S/c1-17-6-3-5-16-15(17)22-7-2-4-11(18)10-8-12(19)14(21)13(20)9-10/h3,5-6,8-9H,2,4,7H2,1H3,(H2-,18,19,20,21)/p+1. The van der Waals surface area contributed by atoms with E-state index in [0.29, 0.717) is 6.42 Å². The molecule has 3 N–H and O–H groups in total. The van der Waals surface area contributed by atoms with E-state index in [1.807, 2.05) is 23.9 Å². The fourth-order valence-electron chi connectivity index (χ4n) is 1.87. The summed E-state index contributed by atoms with van der Waals surface area (Å²) in [6, 6.07) is 4.16. The summed E-state index contributed by atoms with van der Waals surface area (Å²) in [5.41, 5.74) is 0.182. The first-order valence-electron chi connectivity index (χ1n) is 6.70. The van der Waals surface area contributed by atoms with E-state index in [9.17, 15) is 20.1 Å². The highest BCUT2D eigenvalue weighted by Crippen LogP contribution is 2.35. The van der Waals surface area contributed by atoms with Gasteiger partial charge in [-0.05, 0) is 35.3 Å². The van der Waals surface area contributed by atoms with Crippen LogP contribution in [0.5, 0.6) is 17.2 Å². The van der Waals surface area contributed by atoms with E-state index < -0.39 is 17.2 Å². The molecule has 2 aromatic rings. The maximum atomic E-state index is 12.0. The van der Waals surface area contributed by atoms with Crippen LogP contribution < -0.4 is 4.57 Å². The third kappa shape index (κ3) is 3.88. The molecule has 0 amide bonds. The quantitative estimate of drug-likeness (QED) is 0.187. The lowest BCUT2D eigenvalue weighted by molar-refractivity contribution is -0.713. The molecule has 1 aromatic carbocycles. The Kier molecular flexibility index (Phi) is 5.21. The van der Waals surface area contributed by atoms with Gasteiger partial charge in [-0.2, -0.15) is 0 Å². The minimum atomic E-state index is -0.616. The van der Waals surface area contributed by atoms with Gasteiger partial charge in [0.15, 0.2) is 23.0 Å². The third-order valence-corrected chi connectivity index (χ3v) is 4.20. The SMILES string of the molecule is C[n+]1cccnc1SCCCC(=O)c1cc(O)c(O)c(O)c1. The van der Waals surface area contributed by atoms with Crippen LogP contribution in [-0.4, -0.2) is 31.8 Å². The van der Waals surface area contributed by atoms with Gasteiger partial charge in [-0.3, -0.25) is 4.79 Å². The van der Waals surface area contributed by atoms with Crippen LogP contribution in [0, 0.1) is 0 Å². The Morgan fingerprint density at radius 3 is 2.59 bits per heavy atom. The first-order chi connectivity index (χ1) is 10.5. The van der Waals surface area contributed by atoms with Gasteiger partial charge < -0.3 is 15.3 Å². The molecule has 0 fully saturated rings. The van der Waals surface area contributed by atoms with Gasteiger partial charge in [-0.1, -0.05) is 0 Å². The van der Waals surface area contributed by atoms with E-state index in [4.69, 9.17) is 0 Å². The lowest BCUT2D eigenvalue weighted by Crippen LogP contribution is -2.31. The molecule has 0 aliphatic rings. The van der Waals surface area contributed by atoms with Crippen molar-refractivity contribution in [2.75, 3.05) is 5.75 Å². The zero-order valence-electron chi connectivity index (χ0n) is 12.1. The summed E-state index contributed by atoms with van der Waals surface area (Å²) in [7, 11) is 1.91. The van der Waals surface area contributed by atoms with Crippen molar-refractivity contribution in [2.45, 2.75) is 18.0 Å². The molecule has 7 heteroatoms. The number of aryl methyl sites for hydroxylation is 1. The Bertz CT molecular complexity index is 668. The third-order valence-electron chi connectivity index (χ3n) is 3.05. The molecule has 22 heavy (non-hydrogen) atoms. The number of aromatic hydroxyl groups is 3. The van der Waals surface area contributed by atoms with Crippen LogP contribution in [0.1, 0.15) is 23.2 Å². The lowest BCUT2D eigenvalue weighted by Gasteiger charge is -2.05. The molecule has 0 spiro atoms. The highest BCUT2D eigenvalue weighted by atomic mass is 32.2. The number of rotatable bonds is 6. The summed E-state index contributed by atoms with van der Waals surface area (Å²) in [5, 5.41) is 28.9. The van der Waals surface area contributed by atoms with Crippen molar-refractivity contribution in [1.82, 2.24) is 4.98 Å². The van der Waals surface area contributed by atoms with E-state index in [1.165, 1.54) is 0 Å². The Balaban J connectivity index is 1.87. The largest absolute Gasteiger partial charge is 0.504 e. The number of hydrogen-bond acceptors (Lipinski definition) is 6. The van der Waals surface area contributed by atoms with Crippen molar-refractivity contribution >= 4 is 17.5 Å². The van der Waals surface area contributed by atoms with Crippen LogP contribution in [0.3, 0.4) is 0 Å². The highest BCUT2D eigenvalue weighted by molar-refractivity contribution is 7.99. The Morgan fingerprint density at radius 1 is 1.27 bits per heavy atom. The predicted octanol–water partition coefficient (Wildman–Crippen LogP) is 1.78. The number of carbonyl (C=O) groups excluding carboxylic acids is 1. The number of thioether (sulfide) groups is 1. The molecule has 0 unspecified atom stereocenters. The molecule has 0 saturated carbocycles. The lowest BCUT2D eigenvalue weighted by atomic mass is 10.1. The smallest absolute Gasteiger partial charge is 0.358 e. The maximum absolute atomic E-state index is 12.0. The monoisotopic (exact) mass is 321 g/mol. The molecular formula is C15H17N2O4S+. The molecule has 6 nitrogen and oxygen atoms in total. The van der Waals surface area contributed by atoms with Crippen molar-refractivity contribution in [3.8, 4) is 17.2 Å². The molecule has 2 rings (SSSR count). The summed E-state index contributed by atoms with van der Waals surface area (Å²) in [4.78, 5) is 16.2. The van der Waals surface area contributed by atoms with Gasteiger partial charge in [0.25, 0.3) is 0 Å². The van der Waals surface area contributed by atoms with E-state index >= 15 is 0 Å². The number of aromatic nitrogens is 2. The molecule has 0 bridgehead atoms. The second-order valence-corrected chi connectivity index (χ2v) is 5.81. The summed E-state index contributed by atoms with van der Waals surface area (Å²) >= 11 is 1.55. The molecule has 116 valence electrons. The second-order valence-electron chi connectivity index (χ2n) is 4.75. The fraction of sp³-hybridized carbons (Fsp3) is 0.267. The second kappa shape index (κ2) is 7.13. The van der Waals surface area contributed by atoms with Crippen LogP contribution in [0.4, 0.5) is 0 Å². The molecule has 1 heterocycles. The van der Waals surface area contributed by atoms with E-state index in [1.54, 1.807) is 18.0 Å². The van der Waals surface area contributed by atoms with Crippen LogP contribution in [-0.2, 0) is 7.05 Å². The number of nitrogens with zero attached hydrogens (tertiary/aromatic N) is 2. The Morgan fingerprint density at radius 2 is 1.95 bits per heavy atom. The summed E-state index contributed by atoms with van der Waals surface area (Å²) in [6.45, 7) is 0. The number of hydrogen-bond donors (Lipinski definition) is 3. The van der Waals surface area contributed by atoms with Crippen molar-refractivity contribution in [2.24, 2.45) is 7.05 Å². The van der Waals surface area contributed by atoms with Gasteiger partial charge in [0, 0.05) is 23.8 Å². The number of Topliss-reactive ketones (excluding diaryl/α,β-unsaturated/α-hetero) is 1. The van der Waals surface area contributed by atoms with Crippen molar-refractivity contribution in [3.63, 3.8) is 0 Å². The van der Waals surface area contributed by atoms with Gasteiger partial charge in [-0.25, -0.2) is 4.57 Å². The minimum Gasteiger partial charge on any atom is -0.504 e. The maximum Gasteiger partial charge on any atom is 0.358 e. The topological polar surface area (TPSA) is 94.5 Å². The number of ketones is 1. The average molecular weight is 321 g/mol. The molecule has 0 saturated heterocycles. The summed E-state index contributed by atoms with van der Waals surface area (Å²) in [5.74, 6) is -1.09. The number of carbonyl (C=O) groups is 1. The first kappa shape index (κ1) is 16.1. The summed E-state index contributed by atoms with van der Waals surface area (Å²) < 4.78 is 1.91. The number of benzene rings is 1. The van der Waals surface area contributed by atoms with Gasteiger partial charge in [0.2, 0.25) is 0 Å². The molecule has 1 aromatic heterocycles. The van der Waals surface area contributed by atoms with Gasteiger partial charge in [0.1, 0.15) is 6.20 Å². The zero-order valence-corrected chi connectivity index (χ0v) is 12.9. The predicted molar refractivity (Wildman–Crippen MR) is 81.1 cm³/mol. The summed E-state index contributed by atoms with van der Waals surface area (Å²) in [6.07, 6.45) is 4.55. The van der Waals surface area contributed by atoms with E-state index in [0.717, 1.165) is 23.0 Å². The van der Waals surface area contributed by atoms with Crippen LogP contribution in [0.15, 0.2) is 35.7 Å². The van der Waals surface area contributed by atoms with Crippen LogP contribution in [0.25, 0.3) is 0 Å². The fourth-order valence-corrected chi connectivity index (χ4v) is 2.75. The number of phenols is 3. The first-order valence-corrected chi connectivity index (χ1v) is 7.69. The molecule has 0 atom stereocenters. The Hall–Kier alpha value is -2.28. The zero-order chi connectivity index (χ0) is 16.1. The highest BCUT2D eigenvalue weighted by Gasteiger charge is 2.14. The van der Waals surface area contributed by atoms with Crippen molar-refractivity contribution in [1.29, 1.82) is 0 Å². The van der Waals surface area contributed by atoms with E-state index in [2.05, 4.69) is 4.98 Å². The molecular weight excluding hydrogens is 304 g/mol. The average Bonchev–Trinajstić information content (AvgIpc) is 2.50. The van der Waals surface area contributed by atoms with Gasteiger partial charge in [0.05, 0.1) is 13.2 Å². The normalized spacial score (nSPS) is 10.6. The Labute approximate surface area is 132 Å². The van der Waals surface area contributed by atoms with Crippen LogP contribution >= 0.6 is 11.8 Å². The molecule has 0 aliphatic carbocycles. The van der Waals surface area contributed by atoms with E-state index in [-0.39, 0.29) is 17.8 Å². The molecule has 0 aliphatic heterocycles. The van der Waals surface area contributed by atoms with Crippen molar-refractivity contribution < 1.29 is 24.7 Å². The minimum absolute atomic E-state index is 0.182. The number of phenolic OH excluding ortho intramolecular Hbond substituents is 3.